The van der Waals surface area contributed by atoms with E-state index in [1.165, 1.54) is 56.4 Å². The Balaban J connectivity index is 1.77. The van der Waals surface area contributed by atoms with Gasteiger partial charge in [-0.25, -0.2) is 0 Å². The van der Waals surface area contributed by atoms with Crippen molar-refractivity contribution in [3.05, 3.63) is 29.8 Å². The van der Waals surface area contributed by atoms with Gasteiger partial charge in [-0.1, -0.05) is 37.5 Å². The highest BCUT2D eigenvalue weighted by atomic mass is 15.1. The molecule has 3 rings (SSSR count). The van der Waals surface area contributed by atoms with Crippen LogP contribution in [0.1, 0.15) is 37.7 Å². The molecule has 98 valence electrons. The number of rotatable bonds is 2. The van der Waals surface area contributed by atoms with E-state index < -0.39 is 0 Å². The summed E-state index contributed by atoms with van der Waals surface area (Å²) in [6, 6.07) is 8.65. The van der Waals surface area contributed by atoms with E-state index in [2.05, 4.69) is 29.2 Å². The van der Waals surface area contributed by atoms with Crippen molar-refractivity contribution in [2.24, 2.45) is 17.6 Å². The van der Waals surface area contributed by atoms with Crippen LogP contribution in [0, 0.1) is 11.8 Å². The van der Waals surface area contributed by atoms with E-state index in [0.717, 1.165) is 11.8 Å². The monoisotopic (exact) mass is 244 g/mol. The van der Waals surface area contributed by atoms with Crippen LogP contribution in [0.2, 0.25) is 0 Å². The zero-order chi connectivity index (χ0) is 12.4. The van der Waals surface area contributed by atoms with Crippen molar-refractivity contribution in [3.63, 3.8) is 0 Å². The summed E-state index contributed by atoms with van der Waals surface area (Å²) in [5.74, 6) is 1.93. The first kappa shape index (κ1) is 12.0. The van der Waals surface area contributed by atoms with Gasteiger partial charge in [-0.05, 0) is 36.3 Å². The zero-order valence-electron chi connectivity index (χ0n) is 11.1. The fourth-order valence-corrected chi connectivity index (χ4v) is 3.81. The Morgan fingerprint density at radius 3 is 2.67 bits per heavy atom. The minimum Gasteiger partial charge on any atom is -0.371 e. The Bertz CT molecular complexity index is 402. The maximum Gasteiger partial charge on any atom is 0.0411 e. The van der Waals surface area contributed by atoms with Crippen LogP contribution in [0.15, 0.2) is 24.3 Å². The van der Waals surface area contributed by atoms with Crippen molar-refractivity contribution in [2.45, 2.75) is 38.6 Å². The Kier molecular flexibility index (Phi) is 3.55. The summed E-state index contributed by atoms with van der Waals surface area (Å²) < 4.78 is 0. The molecule has 0 spiro atoms. The van der Waals surface area contributed by atoms with Crippen LogP contribution < -0.4 is 10.6 Å². The van der Waals surface area contributed by atoms with E-state index in [1.807, 2.05) is 0 Å². The highest BCUT2D eigenvalue weighted by molar-refractivity contribution is 5.54. The standard InChI is InChI=1S/C16H24N2/c17-11-14-6-3-4-8-16(14)18-10-9-13-5-1-2-7-15(13)12-18/h3-4,6,8,13,15H,1-2,5,7,9-12,17H2. The topological polar surface area (TPSA) is 29.3 Å². The zero-order valence-corrected chi connectivity index (χ0v) is 11.1. The van der Waals surface area contributed by atoms with Crippen LogP contribution in [-0.4, -0.2) is 13.1 Å². The van der Waals surface area contributed by atoms with Crippen molar-refractivity contribution in [1.29, 1.82) is 0 Å². The molecule has 1 saturated carbocycles. The van der Waals surface area contributed by atoms with Crippen LogP contribution in [0.3, 0.4) is 0 Å². The average Bonchev–Trinajstić information content (AvgIpc) is 2.46. The Hall–Kier alpha value is -1.02. The van der Waals surface area contributed by atoms with Crippen molar-refractivity contribution in [1.82, 2.24) is 0 Å². The molecule has 0 bridgehead atoms. The average molecular weight is 244 g/mol. The van der Waals surface area contributed by atoms with E-state index in [-0.39, 0.29) is 0 Å². The largest absolute Gasteiger partial charge is 0.371 e. The maximum atomic E-state index is 5.86. The second-order valence-electron chi connectivity index (χ2n) is 5.87. The van der Waals surface area contributed by atoms with Crippen LogP contribution >= 0.6 is 0 Å². The van der Waals surface area contributed by atoms with Gasteiger partial charge in [0.15, 0.2) is 0 Å². The highest BCUT2D eigenvalue weighted by Crippen LogP contribution is 2.38. The SMILES string of the molecule is NCc1ccccc1N1CCC2CCCCC2C1. The highest BCUT2D eigenvalue weighted by Gasteiger charge is 2.31. The summed E-state index contributed by atoms with van der Waals surface area (Å²) in [7, 11) is 0. The lowest BCUT2D eigenvalue weighted by Crippen LogP contribution is -2.42. The summed E-state index contributed by atoms with van der Waals surface area (Å²) in [5.41, 5.74) is 8.54. The lowest BCUT2D eigenvalue weighted by atomic mass is 9.75. The number of nitrogens with two attached hydrogens (primary N) is 1. The fraction of sp³-hybridized carbons (Fsp3) is 0.625. The molecule has 2 heteroatoms. The maximum absolute atomic E-state index is 5.86. The molecule has 18 heavy (non-hydrogen) atoms. The molecule has 1 aromatic carbocycles. The lowest BCUT2D eigenvalue weighted by molar-refractivity contribution is 0.202. The first-order valence-corrected chi connectivity index (χ1v) is 7.41. The molecule has 2 N–H and O–H groups in total. The minimum atomic E-state index is 0.654. The first-order chi connectivity index (χ1) is 8.88. The van der Waals surface area contributed by atoms with Crippen molar-refractivity contribution < 1.29 is 0 Å². The smallest absolute Gasteiger partial charge is 0.0411 e. The van der Waals surface area contributed by atoms with Crippen LogP contribution in [0.4, 0.5) is 5.69 Å². The van der Waals surface area contributed by atoms with Crippen molar-refractivity contribution in [3.8, 4) is 0 Å². The molecule has 2 aliphatic rings. The van der Waals surface area contributed by atoms with Gasteiger partial charge in [0.2, 0.25) is 0 Å². The summed E-state index contributed by atoms with van der Waals surface area (Å²) in [5, 5.41) is 0. The second-order valence-corrected chi connectivity index (χ2v) is 5.87. The molecule has 2 atom stereocenters. The van der Waals surface area contributed by atoms with Gasteiger partial charge in [0, 0.05) is 25.3 Å². The molecular weight excluding hydrogens is 220 g/mol. The van der Waals surface area contributed by atoms with Crippen LogP contribution in [-0.2, 0) is 6.54 Å². The Morgan fingerprint density at radius 1 is 1.06 bits per heavy atom. The van der Waals surface area contributed by atoms with Crippen LogP contribution in [0.5, 0.6) is 0 Å². The number of piperidine rings is 1. The first-order valence-electron chi connectivity index (χ1n) is 7.41. The lowest BCUT2D eigenvalue weighted by Gasteiger charge is -2.42. The third kappa shape index (κ3) is 2.26. The minimum absolute atomic E-state index is 0.654. The molecule has 0 radical (unpaired) electrons. The molecule has 2 unspecified atom stereocenters. The van der Waals surface area contributed by atoms with Crippen molar-refractivity contribution in [2.75, 3.05) is 18.0 Å². The number of anilines is 1. The number of para-hydroxylation sites is 1. The van der Waals surface area contributed by atoms with Crippen LogP contribution in [0.25, 0.3) is 0 Å². The third-order valence-electron chi connectivity index (χ3n) is 4.84. The third-order valence-corrected chi connectivity index (χ3v) is 4.84. The molecule has 1 heterocycles. The molecular formula is C16H24N2. The number of nitrogens with zero attached hydrogens (tertiary/aromatic N) is 1. The van der Waals surface area contributed by atoms with E-state index in [9.17, 15) is 0 Å². The fourth-order valence-electron chi connectivity index (χ4n) is 3.81. The van der Waals surface area contributed by atoms with E-state index in [1.54, 1.807) is 0 Å². The summed E-state index contributed by atoms with van der Waals surface area (Å²) in [6.07, 6.45) is 7.18. The Labute approximate surface area is 110 Å². The van der Waals surface area contributed by atoms with Gasteiger partial charge in [0.25, 0.3) is 0 Å². The molecule has 1 aliphatic carbocycles. The number of hydrogen-bond acceptors (Lipinski definition) is 2. The van der Waals surface area contributed by atoms with E-state index >= 15 is 0 Å². The van der Waals surface area contributed by atoms with Gasteiger partial charge < -0.3 is 10.6 Å². The van der Waals surface area contributed by atoms with Gasteiger partial charge in [-0.3, -0.25) is 0 Å². The number of fused-ring (bicyclic) bond motifs is 1. The van der Waals surface area contributed by atoms with Gasteiger partial charge >= 0.3 is 0 Å². The Morgan fingerprint density at radius 2 is 1.83 bits per heavy atom. The molecule has 0 aromatic heterocycles. The molecule has 1 aliphatic heterocycles. The van der Waals surface area contributed by atoms with E-state index in [0.29, 0.717) is 6.54 Å². The van der Waals surface area contributed by atoms with Crippen molar-refractivity contribution >= 4 is 5.69 Å². The van der Waals surface area contributed by atoms with Gasteiger partial charge in [0.1, 0.15) is 0 Å². The number of benzene rings is 1. The molecule has 0 amide bonds. The molecule has 1 saturated heterocycles. The molecule has 2 nitrogen and oxygen atoms in total. The molecule has 1 aromatic rings. The van der Waals surface area contributed by atoms with Gasteiger partial charge in [-0.2, -0.15) is 0 Å². The summed E-state index contributed by atoms with van der Waals surface area (Å²) >= 11 is 0. The predicted octanol–water partition coefficient (Wildman–Crippen LogP) is 3.16. The second kappa shape index (κ2) is 5.31. The van der Waals surface area contributed by atoms with Gasteiger partial charge in [0.05, 0.1) is 0 Å². The summed E-state index contributed by atoms with van der Waals surface area (Å²) in [4.78, 5) is 2.58. The summed E-state index contributed by atoms with van der Waals surface area (Å²) in [6.45, 7) is 3.13. The predicted molar refractivity (Wildman–Crippen MR) is 76.6 cm³/mol. The number of hydrogen-bond donors (Lipinski definition) is 1. The van der Waals surface area contributed by atoms with Gasteiger partial charge in [-0.15, -0.1) is 0 Å². The normalized spacial score (nSPS) is 27.9. The quantitative estimate of drug-likeness (QED) is 0.866. The molecule has 2 fully saturated rings. The van der Waals surface area contributed by atoms with E-state index in [4.69, 9.17) is 5.73 Å².